The van der Waals surface area contributed by atoms with Gasteiger partial charge in [-0.1, -0.05) is 6.92 Å². The molecule has 3 saturated carbocycles. The summed E-state index contributed by atoms with van der Waals surface area (Å²) in [6.45, 7) is 7.50. The van der Waals surface area contributed by atoms with E-state index in [-0.39, 0.29) is 0 Å². The van der Waals surface area contributed by atoms with Crippen molar-refractivity contribution < 1.29 is 0 Å². The fourth-order valence-electron chi connectivity index (χ4n) is 2.79. The summed E-state index contributed by atoms with van der Waals surface area (Å²) >= 11 is 0. The van der Waals surface area contributed by atoms with Crippen LogP contribution in [0.2, 0.25) is 0 Å². The lowest BCUT2D eigenvalue weighted by molar-refractivity contribution is 0.143. The maximum absolute atomic E-state index is 3.69. The molecule has 17 heavy (non-hydrogen) atoms. The van der Waals surface area contributed by atoms with Crippen LogP contribution in [0.25, 0.3) is 0 Å². The van der Waals surface area contributed by atoms with Gasteiger partial charge >= 0.3 is 0 Å². The summed E-state index contributed by atoms with van der Waals surface area (Å²) < 4.78 is 0. The summed E-state index contributed by atoms with van der Waals surface area (Å²) in [5, 5.41) is 3.69. The highest BCUT2D eigenvalue weighted by Gasteiger charge is 2.37. The van der Waals surface area contributed by atoms with E-state index in [2.05, 4.69) is 24.1 Å². The first-order valence-electron chi connectivity index (χ1n) is 7.73. The zero-order chi connectivity index (χ0) is 11.8. The van der Waals surface area contributed by atoms with E-state index in [9.17, 15) is 0 Å². The van der Waals surface area contributed by atoms with Crippen LogP contribution >= 0.6 is 0 Å². The summed E-state index contributed by atoms with van der Waals surface area (Å²) in [5.41, 5.74) is 0. The van der Waals surface area contributed by atoms with E-state index in [1.165, 1.54) is 51.6 Å². The monoisotopic (exact) mass is 236 g/mol. The third kappa shape index (κ3) is 3.45. The van der Waals surface area contributed by atoms with Gasteiger partial charge in [0.1, 0.15) is 0 Å². The Morgan fingerprint density at radius 1 is 1.06 bits per heavy atom. The Morgan fingerprint density at radius 3 is 2.29 bits per heavy atom. The van der Waals surface area contributed by atoms with Crippen LogP contribution in [0, 0.1) is 11.8 Å². The van der Waals surface area contributed by atoms with Crippen LogP contribution in [-0.4, -0.2) is 36.1 Å². The molecule has 0 heterocycles. The maximum Gasteiger partial charge on any atom is 0.0108 e. The molecule has 3 rings (SSSR count). The molecule has 2 heteroatoms. The molecule has 0 amide bonds. The fourth-order valence-corrected chi connectivity index (χ4v) is 2.79. The second-order valence-electron chi connectivity index (χ2n) is 6.77. The van der Waals surface area contributed by atoms with E-state index in [1.54, 1.807) is 0 Å². The van der Waals surface area contributed by atoms with Crippen molar-refractivity contribution in [1.29, 1.82) is 0 Å². The fraction of sp³-hybridized carbons (Fsp3) is 1.00. The smallest absolute Gasteiger partial charge is 0.0108 e. The Labute approximate surface area is 106 Å². The van der Waals surface area contributed by atoms with Crippen molar-refractivity contribution in [2.24, 2.45) is 11.8 Å². The normalized spacial score (nSPS) is 28.4. The predicted molar refractivity (Wildman–Crippen MR) is 72.1 cm³/mol. The van der Waals surface area contributed by atoms with E-state index >= 15 is 0 Å². The second-order valence-corrected chi connectivity index (χ2v) is 6.77. The molecule has 2 atom stereocenters. The third-order valence-corrected chi connectivity index (χ3v) is 4.83. The van der Waals surface area contributed by atoms with Crippen LogP contribution in [0.3, 0.4) is 0 Å². The van der Waals surface area contributed by atoms with E-state index in [0.717, 1.165) is 30.0 Å². The molecule has 0 aromatic rings. The van der Waals surface area contributed by atoms with Crippen LogP contribution in [0.15, 0.2) is 0 Å². The van der Waals surface area contributed by atoms with Crippen molar-refractivity contribution in [2.75, 3.05) is 13.1 Å². The highest BCUT2D eigenvalue weighted by molar-refractivity contribution is 4.93. The van der Waals surface area contributed by atoms with Crippen LogP contribution < -0.4 is 5.32 Å². The van der Waals surface area contributed by atoms with Gasteiger partial charge in [-0.15, -0.1) is 0 Å². The van der Waals surface area contributed by atoms with Gasteiger partial charge in [-0.2, -0.15) is 0 Å². The molecule has 0 bridgehead atoms. The second kappa shape index (κ2) is 4.89. The first kappa shape index (κ1) is 12.0. The molecule has 3 aliphatic rings. The minimum Gasteiger partial charge on any atom is -0.314 e. The number of nitrogens with one attached hydrogen (secondary N) is 1. The molecule has 3 fully saturated rings. The van der Waals surface area contributed by atoms with Gasteiger partial charge in [0.15, 0.2) is 0 Å². The van der Waals surface area contributed by atoms with Gasteiger partial charge < -0.3 is 5.32 Å². The van der Waals surface area contributed by atoms with Crippen LogP contribution in [0.1, 0.15) is 52.4 Å². The molecule has 1 N–H and O–H groups in total. The van der Waals surface area contributed by atoms with E-state index in [1.807, 2.05) is 0 Å². The van der Waals surface area contributed by atoms with E-state index < -0.39 is 0 Å². The van der Waals surface area contributed by atoms with Gasteiger partial charge in [0.2, 0.25) is 0 Å². The van der Waals surface area contributed by atoms with Crippen LogP contribution in [0.4, 0.5) is 0 Å². The Kier molecular flexibility index (Phi) is 3.45. The summed E-state index contributed by atoms with van der Waals surface area (Å²) in [4.78, 5) is 2.83. The van der Waals surface area contributed by atoms with Gasteiger partial charge in [0.25, 0.3) is 0 Å². The minimum atomic E-state index is 0.773. The number of hydrogen-bond acceptors (Lipinski definition) is 2. The Balaban J connectivity index is 1.47. The standard InChI is InChI=1S/C15H28N2/c1-11(9-16-14-5-6-14)12(2)17(15-7-8-15)10-13-3-4-13/h11-16H,3-10H2,1-2H3. The van der Waals surface area contributed by atoms with E-state index in [4.69, 9.17) is 0 Å². The van der Waals surface area contributed by atoms with Crippen molar-refractivity contribution >= 4 is 0 Å². The quantitative estimate of drug-likeness (QED) is 0.697. The molecule has 0 radical (unpaired) electrons. The Hall–Kier alpha value is -0.0800. The molecule has 0 aromatic carbocycles. The van der Waals surface area contributed by atoms with Crippen molar-refractivity contribution in [2.45, 2.75) is 70.5 Å². The lowest BCUT2D eigenvalue weighted by atomic mass is 10.0. The molecule has 0 saturated heterocycles. The van der Waals surface area contributed by atoms with Crippen LogP contribution in [-0.2, 0) is 0 Å². The lowest BCUT2D eigenvalue weighted by Gasteiger charge is -2.33. The van der Waals surface area contributed by atoms with Crippen LogP contribution in [0.5, 0.6) is 0 Å². The molecule has 98 valence electrons. The van der Waals surface area contributed by atoms with Gasteiger partial charge in [-0.05, 0) is 63.8 Å². The highest BCUT2D eigenvalue weighted by atomic mass is 15.2. The molecular formula is C15H28N2. The number of rotatable bonds is 8. The zero-order valence-electron chi connectivity index (χ0n) is 11.5. The first-order valence-corrected chi connectivity index (χ1v) is 7.73. The molecule has 0 aromatic heterocycles. The maximum atomic E-state index is 3.69. The Bertz CT molecular complexity index is 254. The molecule has 0 spiro atoms. The SMILES string of the molecule is CC(CNC1CC1)C(C)N(CC1CC1)C1CC1. The van der Waals surface area contributed by atoms with Crippen molar-refractivity contribution in [3.8, 4) is 0 Å². The zero-order valence-corrected chi connectivity index (χ0v) is 11.5. The third-order valence-electron chi connectivity index (χ3n) is 4.83. The van der Waals surface area contributed by atoms with E-state index in [0.29, 0.717) is 0 Å². The van der Waals surface area contributed by atoms with Gasteiger partial charge in [-0.3, -0.25) is 4.90 Å². The van der Waals surface area contributed by atoms with Crippen molar-refractivity contribution in [3.05, 3.63) is 0 Å². The lowest BCUT2D eigenvalue weighted by Crippen LogP contribution is -2.43. The molecular weight excluding hydrogens is 208 g/mol. The first-order chi connectivity index (χ1) is 8.24. The largest absolute Gasteiger partial charge is 0.314 e. The van der Waals surface area contributed by atoms with Gasteiger partial charge in [-0.25, -0.2) is 0 Å². The van der Waals surface area contributed by atoms with Crippen molar-refractivity contribution in [1.82, 2.24) is 10.2 Å². The average Bonchev–Trinajstić information content (AvgIpc) is 3.16. The molecule has 0 aliphatic heterocycles. The molecule has 2 nitrogen and oxygen atoms in total. The highest BCUT2D eigenvalue weighted by Crippen LogP contribution is 2.37. The average molecular weight is 236 g/mol. The summed E-state index contributed by atoms with van der Waals surface area (Å²) in [7, 11) is 0. The number of nitrogens with zero attached hydrogens (tertiary/aromatic N) is 1. The molecule has 3 aliphatic carbocycles. The summed E-state index contributed by atoms with van der Waals surface area (Å²) in [5.74, 6) is 1.84. The van der Waals surface area contributed by atoms with Crippen molar-refractivity contribution in [3.63, 3.8) is 0 Å². The topological polar surface area (TPSA) is 15.3 Å². The van der Waals surface area contributed by atoms with Gasteiger partial charge in [0.05, 0.1) is 0 Å². The molecule has 2 unspecified atom stereocenters. The predicted octanol–water partition coefficient (Wildman–Crippen LogP) is 2.64. The summed E-state index contributed by atoms with van der Waals surface area (Å²) in [6, 6.07) is 2.57. The minimum absolute atomic E-state index is 0.773. The number of hydrogen-bond donors (Lipinski definition) is 1. The Morgan fingerprint density at radius 2 is 1.76 bits per heavy atom. The van der Waals surface area contributed by atoms with Gasteiger partial charge in [0, 0.05) is 24.7 Å². The summed E-state index contributed by atoms with van der Waals surface area (Å²) in [6.07, 6.45) is 8.72.